The van der Waals surface area contributed by atoms with Crippen LogP contribution < -0.4 is 0 Å². The van der Waals surface area contributed by atoms with Crippen molar-refractivity contribution >= 4 is 5.97 Å². The minimum Gasteiger partial charge on any atom is -0.469 e. The van der Waals surface area contributed by atoms with Gasteiger partial charge < -0.3 is 9.47 Å². The van der Waals surface area contributed by atoms with E-state index in [1.807, 2.05) is 0 Å². The van der Waals surface area contributed by atoms with Gasteiger partial charge in [0.2, 0.25) is 0 Å². The molecule has 0 radical (unpaired) electrons. The topological polar surface area (TPSA) is 35.5 Å². The first-order valence-corrected chi connectivity index (χ1v) is 5.40. The van der Waals surface area contributed by atoms with Gasteiger partial charge in [-0.25, -0.2) is 0 Å². The van der Waals surface area contributed by atoms with Gasteiger partial charge in [-0.3, -0.25) is 4.79 Å². The van der Waals surface area contributed by atoms with E-state index in [0.29, 0.717) is 0 Å². The van der Waals surface area contributed by atoms with Crippen LogP contribution in [0.1, 0.15) is 38.5 Å². The average Bonchev–Trinajstić information content (AvgIpc) is 2.17. The molecule has 1 rings (SSSR count). The Labute approximate surface area is 85.8 Å². The van der Waals surface area contributed by atoms with E-state index in [2.05, 4.69) is 0 Å². The first-order chi connectivity index (χ1) is 6.79. The van der Waals surface area contributed by atoms with Crippen molar-refractivity contribution in [1.29, 1.82) is 0 Å². The normalized spacial score (nSPS) is 29.0. The molecule has 0 saturated heterocycles. The molecule has 3 nitrogen and oxygen atoms in total. The summed E-state index contributed by atoms with van der Waals surface area (Å²) in [6.45, 7) is 0. The summed E-state index contributed by atoms with van der Waals surface area (Å²) >= 11 is 0. The van der Waals surface area contributed by atoms with Gasteiger partial charge in [0.1, 0.15) is 0 Å². The second-order valence-corrected chi connectivity index (χ2v) is 3.90. The Balaban J connectivity index is 2.58. The van der Waals surface area contributed by atoms with Crippen molar-refractivity contribution in [3.05, 3.63) is 0 Å². The fourth-order valence-electron chi connectivity index (χ4n) is 2.15. The second kappa shape index (κ2) is 6.02. The van der Waals surface area contributed by atoms with Gasteiger partial charge in [0.15, 0.2) is 0 Å². The molecule has 0 aromatic carbocycles. The molecule has 1 fully saturated rings. The van der Waals surface area contributed by atoms with Crippen molar-refractivity contribution in [3.63, 3.8) is 0 Å². The fraction of sp³-hybridized carbons (Fsp3) is 0.909. The average molecular weight is 200 g/mol. The molecule has 0 heterocycles. The molecular formula is C11H20O3. The molecule has 2 atom stereocenters. The zero-order valence-corrected chi connectivity index (χ0v) is 9.12. The van der Waals surface area contributed by atoms with Crippen molar-refractivity contribution in [3.8, 4) is 0 Å². The van der Waals surface area contributed by atoms with Crippen LogP contribution in [0.3, 0.4) is 0 Å². The summed E-state index contributed by atoms with van der Waals surface area (Å²) in [7, 11) is 3.13. The molecule has 14 heavy (non-hydrogen) atoms. The maximum Gasteiger partial charge on any atom is 0.311 e. The third-order valence-electron chi connectivity index (χ3n) is 3.01. The van der Waals surface area contributed by atoms with Crippen LogP contribution in [-0.2, 0) is 14.3 Å². The Morgan fingerprint density at radius 1 is 1.07 bits per heavy atom. The molecule has 1 saturated carbocycles. The highest BCUT2D eigenvalue weighted by molar-refractivity contribution is 5.72. The van der Waals surface area contributed by atoms with Gasteiger partial charge in [-0.05, 0) is 12.8 Å². The summed E-state index contributed by atoms with van der Waals surface area (Å²) in [6, 6.07) is 0. The highest BCUT2D eigenvalue weighted by Gasteiger charge is 2.29. The molecule has 82 valence electrons. The lowest BCUT2D eigenvalue weighted by molar-refractivity contribution is -0.151. The van der Waals surface area contributed by atoms with Crippen LogP contribution in [0.4, 0.5) is 0 Å². The van der Waals surface area contributed by atoms with E-state index in [1.165, 1.54) is 20.0 Å². The van der Waals surface area contributed by atoms with Gasteiger partial charge in [-0.15, -0.1) is 0 Å². The van der Waals surface area contributed by atoms with Crippen LogP contribution in [0.15, 0.2) is 0 Å². The van der Waals surface area contributed by atoms with Gasteiger partial charge in [-0.1, -0.05) is 25.7 Å². The molecule has 1 aliphatic carbocycles. The Kier molecular flexibility index (Phi) is 4.94. The summed E-state index contributed by atoms with van der Waals surface area (Å²) in [5.41, 5.74) is 0. The zero-order valence-electron chi connectivity index (χ0n) is 9.12. The minimum absolute atomic E-state index is 0.0506. The number of carbonyl (C=O) groups excluding carboxylic acids is 1. The molecule has 1 aliphatic rings. The minimum atomic E-state index is -0.112. The third-order valence-corrected chi connectivity index (χ3v) is 3.01. The molecule has 3 heteroatoms. The Morgan fingerprint density at radius 2 is 1.71 bits per heavy atom. The number of methoxy groups -OCH3 is 2. The lowest BCUT2D eigenvalue weighted by Crippen LogP contribution is -2.31. The van der Waals surface area contributed by atoms with Crippen LogP contribution in [-0.4, -0.2) is 26.3 Å². The standard InChI is InChI=1S/C11H20O3/c1-13-10-8-6-4-3-5-7-9(10)11(12)14-2/h9-10H,3-8H2,1-2H3. The Morgan fingerprint density at radius 3 is 2.29 bits per heavy atom. The maximum absolute atomic E-state index is 11.5. The van der Waals surface area contributed by atoms with Crippen LogP contribution in [0.5, 0.6) is 0 Å². The van der Waals surface area contributed by atoms with E-state index in [0.717, 1.165) is 25.7 Å². The Bertz CT molecular complexity index is 179. The number of rotatable bonds is 2. The van der Waals surface area contributed by atoms with Crippen LogP contribution in [0.2, 0.25) is 0 Å². The van der Waals surface area contributed by atoms with Gasteiger partial charge in [-0.2, -0.15) is 0 Å². The number of hydrogen-bond acceptors (Lipinski definition) is 3. The van der Waals surface area contributed by atoms with Crippen molar-refractivity contribution in [2.75, 3.05) is 14.2 Å². The number of carbonyl (C=O) groups is 1. The monoisotopic (exact) mass is 200 g/mol. The first-order valence-electron chi connectivity index (χ1n) is 5.40. The summed E-state index contributed by atoms with van der Waals surface area (Å²) in [6.07, 6.45) is 6.70. The number of hydrogen-bond donors (Lipinski definition) is 0. The predicted octanol–water partition coefficient (Wildman–Crippen LogP) is 2.14. The molecular weight excluding hydrogens is 180 g/mol. The highest BCUT2D eigenvalue weighted by Crippen LogP contribution is 2.25. The largest absolute Gasteiger partial charge is 0.469 e. The molecule has 0 amide bonds. The van der Waals surface area contributed by atoms with E-state index in [9.17, 15) is 4.79 Å². The van der Waals surface area contributed by atoms with E-state index in [1.54, 1.807) is 7.11 Å². The molecule has 0 aliphatic heterocycles. The van der Waals surface area contributed by atoms with E-state index >= 15 is 0 Å². The van der Waals surface area contributed by atoms with Gasteiger partial charge >= 0.3 is 5.97 Å². The zero-order chi connectivity index (χ0) is 10.4. The highest BCUT2D eigenvalue weighted by atomic mass is 16.5. The van der Waals surface area contributed by atoms with Crippen LogP contribution >= 0.6 is 0 Å². The van der Waals surface area contributed by atoms with Crippen molar-refractivity contribution < 1.29 is 14.3 Å². The second-order valence-electron chi connectivity index (χ2n) is 3.90. The van der Waals surface area contributed by atoms with Gasteiger partial charge in [0.05, 0.1) is 19.1 Å². The molecule has 0 N–H and O–H groups in total. The Hall–Kier alpha value is -0.570. The van der Waals surface area contributed by atoms with Crippen molar-refractivity contribution in [2.45, 2.75) is 44.6 Å². The molecule has 0 aromatic rings. The molecule has 0 bridgehead atoms. The summed E-state index contributed by atoms with van der Waals surface area (Å²) in [4.78, 5) is 11.5. The van der Waals surface area contributed by atoms with E-state index < -0.39 is 0 Å². The summed E-state index contributed by atoms with van der Waals surface area (Å²) in [5, 5.41) is 0. The fourth-order valence-corrected chi connectivity index (χ4v) is 2.15. The lowest BCUT2D eigenvalue weighted by atomic mass is 9.88. The first kappa shape index (κ1) is 11.5. The summed E-state index contributed by atoms with van der Waals surface area (Å²) < 4.78 is 10.2. The van der Waals surface area contributed by atoms with Crippen molar-refractivity contribution in [2.24, 2.45) is 5.92 Å². The smallest absolute Gasteiger partial charge is 0.311 e. The maximum atomic E-state index is 11.5. The van der Waals surface area contributed by atoms with Crippen LogP contribution in [0, 0.1) is 5.92 Å². The van der Waals surface area contributed by atoms with E-state index in [-0.39, 0.29) is 18.0 Å². The molecule has 0 aromatic heterocycles. The number of ether oxygens (including phenoxy) is 2. The summed E-state index contributed by atoms with van der Waals surface area (Å²) in [5.74, 6) is -0.163. The SMILES string of the molecule is COC(=O)C1CCCCCCC1OC. The third kappa shape index (κ3) is 2.98. The lowest BCUT2D eigenvalue weighted by Gasteiger charge is -2.25. The van der Waals surface area contributed by atoms with Gasteiger partial charge in [0.25, 0.3) is 0 Å². The van der Waals surface area contributed by atoms with Crippen molar-refractivity contribution in [1.82, 2.24) is 0 Å². The van der Waals surface area contributed by atoms with Crippen LogP contribution in [0.25, 0.3) is 0 Å². The molecule has 2 unspecified atom stereocenters. The van der Waals surface area contributed by atoms with Gasteiger partial charge in [0, 0.05) is 7.11 Å². The van der Waals surface area contributed by atoms with E-state index in [4.69, 9.17) is 9.47 Å². The molecule has 0 spiro atoms. The predicted molar refractivity (Wildman–Crippen MR) is 54.0 cm³/mol. The number of esters is 1. The quantitative estimate of drug-likeness (QED) is 0.641.